The lowest BCUT2D eigenvalue weighted by molar-refractivity contribution is 0.866. The lowest BCUT2D eigenvalue weighted by Crippen LogP contribution is -2.20. The van der Waals surface area contributed by atoms with Crippen molar-refractivity contribution in [1.82, 2.24) is 0 Å². The lowest BCUT2D eigenvalue weighted by Gasteiger charge is -2.22. The van der Waals surface area contributed by atoms with Gasteiger partial charge in [0.2, 0.25) is 0 Å². The molecule has 0 radical (unpaired) electrons. The summed E-state index contributed by atoms with van der Waals surface area (Å²) in [5.74, 6) is 2.64. The van der Waals surface area contributed by atoms with E-state index in [0.29, 0.717) is 16.1 Å². The minimum atomic E-state index is 0.0218. The molecule has 0 nitrogen and oxygen atoms in total. The Morgan fingerprint density at radius 2 is 1.36 bits per heavy atom. The Morgan fingerprint density at radius 3 is 1.92 bits per heavy atom. The van der Waals surface area contributed by atoms with E-state index in [1.807, 2.05) is 0 Å². The molecule has 25 heavy (non-hydrogen) atoms. The van der Waals surface area contributed by atoms with E-state index in [-0.39, 0.29) is 10.8 Å². The van der Waals surface area contributed by atoms with Crippen LogP contribution in [0.25, 0.3) is 0 Å². The number of rotatable bonds is 6. The van der Waals surface area contributed by atoms with E-state index in [0.717, 1.165) is 6.42 Å². The van der Waals surface area contributed by atoms with Crippen LogP contribution in [0.1, 0.15) is 64.4 Å². The van der Waals surface area contributed by atoms with Crippen molar-refractivity contribution in [3.8, 4) is 0 Å². The predicted molar refractivity (Wildman–Crippen MR) is 114 cm³/mol. The summed E-state index contributed by atoms with van der Waals surface area (Å²) < 4.78 is 0. The van der Waals surface area contributed by atoms with E-state index < -0.39 is 0 Å². The molecular weight excluding hydrogens is 367 g/mol. The molecule has 1 saturated heterocycles. The molecule has 1 fully saturated rings. The quantitative estimate of drug-likeness (QED) is 0.361. The summed E-state index contributed by atoms with van der Waals surface area (Å²) in [6.45, 7) is 4.26. The second kappa shape index (κ2) is 8.84. The first-order valence-electron chi connectivity index (χ1n) is 9.21. The number of benzene rings is 2. The summed E-state index contributed by atoms with van der Waals surface area (Å²) in [6.07, 6.45) is 3.64. The van der Waals surface area contributed by atoms with Crippen LogP contribution in [0.3, 0.4) is 0 Å². The first-order chi connectivity index (χ1) is 12.1. The van der Waals surface area contributed by atoms with E-state index in [1.54, 1.807) is 0 Å². The Labute approximate surface area is 165 Å². The van der Waals surface area contributed by atoms with Crippen molar-refractivity contribution in [2.75, 3.05) is 11.5 Å². The number of aryl methyl sites for hydroxylation is 1. The summed E-state index contributed by atoms with van der Waals surface area (Å²) >= 11 is 13.4. The van der Waals surface area contributed by atoms with Gasteiger partial charge in [-0.2, -0.15) is 0 Å². The van der Waals surface area contributed by atoms with Gasteiger partial charge < -0.3 is 0 Å². The maximum atomic E-state index is 7.07. The van der Waals surface area contributed by atoms with Crippen LogP contribution in [-0.4, -0.2) is 11.5 Å². The third-order valence-corrected chi connectivity index (χ3v) is 9.17. The van der Waals surface area contributed by atoms with Crippen molar-refractivity contribution in [2.45, 2.75) is 49.1 Å². The van der Waals surface area contributed by atoms with E-state index in [1.165, 1.54) is 46.6 Å². The summed E-state index contributed by atoms with van der Waals surface area (Å²) in [6, 6.07) is 17.6. The van der Waals surface area contributed by atoms with Crippen molar-refractivity contribution in [3.05, 3.63) is 70.8 Å². The van der Waals surface area contributed by atoms with Gasteiger partial charge in [-0.3, -0.25) is 0 Å². The zero-order valence-corrected chi connectivity index (χ0v) is 17.4. The normalized spacial score (nSPS) is 18.9. The SMILES string of the molecule is CCC(Cl)c1ccc(C(Cl)C(c2ccc(C)cc2)[S+]2CCCC2)cc1. The molecule has 3 atom stereocenters. The van der Waals surface area contributed by atoms with Gasteiger partial charge in [0.15, 0.2) is 5.25 Å². The van der Waals surface area contributed by atoms with E-state index in [2.05, 4.69) is 62.4 Å². The first-order valence-corrected chi connectivity index (χ1v) is 11.7. The van der Waals surface area contributed by atoms with Gasteiger partial charge in [-0.05, 0) is 48.2 Å². The molecule has 3 rings (SSSR count). The van der Waals surface area contributed by atoms with E-state index in [9.17, 15) is 0 Å². The number of hydrogen-bond acceptors (Lipinski definition) is 0. The second-order valence-electron chi connectivity index (χ2n) is 6.93. The summed E-state index contributed by atoms with van der Waals surface area (Å²) in [5, 5.41) is 0.523. The Hall–Kier alpha value is -0.630. The molecule has 0 saturated carbocycles. The van der Waals surface area contributed by atoms with Crippen LogP contribution in [0.5, 0.6) is 0 Å². The van der Waals surface area contributed by atoms with Gasteiger partial charge in [0.25, 0.3) is 0 Å². The Morgan fingerprint density at radius 1 is 0.840 bits per heavy atom. The molecule has 1 heterocycles. The van der Waals surface area contributed by atoms with Gasteiger partial charge in [0.1, 0.15) is 16.9 Å². The molecule has 0 aromatic heterocycles. The Bertz CT molecular complexity index is 659. The lowest BCUT2D eigenvalue weighted by atomic mass is 10.00. The first kappa shape index (κ1) is 19.1. The fourth-order valence-electron chi connectivity index (χ4n) is 3.52. The highest BCUT2D eigenvalue weighted by atomic mass is 35.5. The molecule has 0 bridgehead atoms. The predicted octanol–water partition coefficient (Wildman–Crippen LogP) is 7.12. The van der Waals surface area contributed by atoms with E-state index >= 15 is 0 Å². The Kier molecular flexibility index (Phi) is 6.77. The number of alkyl halides is 2. The minimum absolute atomic E-state index is 0.0218. The summed E-state index contributed by atoms with van der Waals surface area (Å²) in [5.41, 5.74) is 5.10. The zero-order chi connectivity index (χ0) is 17.8. The van der Waals surface area contributed by atoms with Gasteiger partial charge in [0.05, 0.1) is 5.38 Å². The third-order valence-electron chi connectivity index (χ3n) is 5.07. The maximum absolute atomic E-state index is 7.07. The molecule has 1 aliphatic rings. The molecule has 0 spiro atoms. The number of halogens is 2. The average Bonchev–Trinajstić information content (AvgIpc) is 3.17. The van der Waals surface area contributed by atoms with Crippen LogP contribution in [0, 0.1) is 6.92 Å². The Balaban J connectivity index is 1.88. The van der Waals surface area contributed by atoms with Crippen LogP contribution < -0.4 is 0 Å². The molecule has 0 aliphatic carbocycles. The van der Waals surface area contributed by atoms with Gasteiger partial charge in [-0.1, -0.05) is 61.0 Å². The van der Waals surface area contributed by atoms with Crippen LogP contribution in [0.4, 0.5) is 0 Å². The van der Waals surface area contributed by atoms with Crippen molar-refractivity contribution in [1.29, 1.82) is 0 Å². The van der Waals surface area contributed by atoms with Gasteiger partial charge in [-0.25, -0.2) is 0 Å². The minimum Gasteiger partial charge on any atom is -0.118 e. The van der Waals surface area contributed by atoms with Crippen LogP contribution in [0.15, 0.2) is 48.5 Å². The number of hydrogen-bond donors (Lipinski definition) is 0. The highest BCUT2D eigenvalue weighted by molar-refractivity contribution is 7.97. The monoisotopic (exact) mass is 393 g/mol. The van der Waals surface area contributed by atoms with Gasteiger partial charge in [-0.15, -0.1) is 23.2 Å². The molecule has 2 aromatic carbocycles. The second-order valence-corrected chi connectivity index (χ2v) is 10.3. The molecule has 0 N–H and O–H groups in total. The van der Waals surface area contributed by atoms with Crippen molar-refractivity contribution >= 4 is 34.1 Å². The van der Waals surface area contributed by atoms with E-state index in [4.69, 9.17) is 23.2 Å². The largest absolute Gasteiger partial charge is 0.163 e. The summed E-state index contributed by atoms with van der Waals surface area (Å²) in [7, 11) is 0.373. The maximum Gasteiger partial charge on any atom is 0.163 e. The molecule has 0 amide bonds. The topological polar surface area (TPSA) is 0 Å². The fraction of sp³-hybridized carbons (Fsp3) is 0.455. The third kappa shape index (κ3) is 4.56. The average molecular weight is 394 g/mol. The molecular formula is C22H27Cl2S+. The highest BCUT2D eigenvalue weighted by Gasteiger charge is 2.40. The van der Waals surface area contributed by atoms with Crippen LogP contribution in [-0.2, 0) is 10.9 Å². The highest BCUT2D eigenvalue weighted by Crippen LogP contribution is 2.44. The zero-order valence-electron chi connectivity index (χ0n) is 15.1. The molecule has 3 heteroatoms. The molecule has 2 aromatic rings. The van der Waals surface area contributed by atoms with Crippen LogP contribution in [0.2, 0.25) is 0 Å². The standard InChI is InChI=1S/C22H27Cl2S/c1-3-20(23)17-10-12-18(13-11-17)21(24)22(25-14-4-5-15-25)19-8-6-16(2)7-9-19/h6-13,20-22H,3-5,14-15H2,1-2H3/q+1. The fourth-order valence-corrected chi connectivity index (χ4v) is 7.29. The molecule has 1 aliphatic heterocycles. The van der Waals surface area contributed by atoms with Crippen molar-refractivity contribution in [2.24, 2.45) is 0 Å². The van der Waals surface area contributed by atoms with Gasteiger partial charge >= 0.3 is 0 Å². The van der Waals surface area contributed by atoms with Crippen molar-refractivity contribution in [3.63, 3.8) is 0 Å². The van der Waals surface area contributed by atoms with Crippen molar-refractivity contribution < 1.29 is 0 Å². The molecule has 3 unspecified atom stereocenters. The summed E-state index contributed by atoms with van der Waals surface area (Å²) in [4.78, 5) is 0. The van der Waals surface area contributed by atoms with Crippen LogP contribution >= 0.6 is 23.2 Å². The molecule has 134 valence electrons. The smallest absolute Gasteiger partial charge is 0.118 e. The van der Waals surface area contributed by atoms with Gasteiger partial charge in [0, 0.05) is 5.56 Å².